The second-order valence-corrected chi connectivity index (χ2v) is 6.61. The third-order valence-corrected chi connectivity index (χ3v) is 4.86. The average Bonchev–Trinajstić information content (AvgIpc) is 2.67. The molecule has 0 bridgehead atoms. The maximum Gasteiger partial charge on any atom is 0.285 e. The average molecular weight is 367 g/mol. The summed E-state index contributed by atoms with van der Waals surface area (Å²) in [5.41, 5.74) is 2.16. The summed E-state index contributed by atoms with van der Waals surface area (Å²) in [5.74, 6) is -0.284. The molecule has 140 valence electrons. The Morgan fingerprint density at radius 3 is 2.19 bits per heavy atom. The normalized spacial score (nSPS) is 14.1. The van der Waals surface area contributed by atoms with Crippen LogP contribution in [0.4, 0.5) is 11.4 Å². The number of piperazine rings is 1. The molecule has 0 aromatic heterocycles. The summed E-state index contributed by atoms with van der Waals surface area (Å²) >= 11 is 0. The number of Topliss-reactive ketones (excluding diaryl/α,β-unsaturated/α-hetero) is 1. The van der Waals surface area contributed by atoms with Crippen LogP contribution in [0.3, 0.4) is 0 Å². The van der Waals surface area contributed by atoms with Gasteiger partial charge in [-0.1, -0.05) is 12.1 Å². The van der Waals surface area contributed by atoms with Crippen molar-refractivity contribution in [3.8, 4) is 0 Å². The molecule has 0 spiro atoms. The molecule has 0 N–H and O–H groups in total. The molecular formula is C20H21N3O4. The fourth-order valence-electron chi connectivity index (χ4n) is 3.32. The van der Waals surface area contributed by atoms with E-state index in [1.54, 1.807) is 36.1 Å². The van der Waals surface area contributed by atoms with Gasteiger partial charge in [0.25, 0.3) is 11.6 Å². The van der Waals surface area contributed by atoms with E-state index in [0.717, 1.165) is 5.69 Å². The lowest BCUT2D eigenvalue weighted by Crippen LogP contribution is -2.48. The van der Waals surface area contributed by atoms with Crippen LogP contribution in [-0.4, -0.2) is 47.7 Å². The number of nitro benzene ring substituents is 1. The molecular weight excluding hydrogens is 346 g/mol. The van der Waals surface area contributed by atoms with E-state index in [0.29, 0.717) is 37.3 Å². The van der Waals surface area contributed by atoms with Gasteiger partial charge in [-0.15, -0.1) is 0 Å². The van der Waals surface area contributed by atoms with Gasteiger partial charge in [0.2, 0.25) is 0 Å². The number of anilines is 1. The molecule has 7 heteroatoms. The minimum Gasteiger partial charge on any atom is -0.368 e. The minimum absolute atomic E-state index is 0.0247. The first-order valence-electron chi connectivity index (χ1n) is 8.77. The van der Waals surface area contributed by atoms with E-state index in [-0.39, 0.29) is 22.9 Å². The highest BCUT2D eigenvalue weighted by Gasteiger charge is 2.28. The predicted octanol–water partition coefficient (Wildman–Crippen LogP) is 3.07. The van der Waals surface area contributed by atoms with Crippen LogP contribution in [0.5, 0.6) is 0 Å². The van der Waals surface area contributed by atoms with Crippen LogP contribution in [-0.2, 0) is 0 Å². The zero-order valence-corrected chi connectivity index (χ0v) is 15.3. The number of benzene rings is 2. The second kappa shape index (κ2) is 7.57. The van der Waals surface area contributed by atoms with Crippen LogP contribution in [0.2, 0.25) is 0 Å². The van der Waals surface area contributed by atoms with E-state index in [1.807, 2.05) is 12.1 Å². The zero-order valence-electron chi connectivity index (χ0n) is 15.3. The van der Waals surface area contributed by atoms with Gasteiger partial charge in [-0.05, 0) is 44.2 Å². The molecule has 2 aromatic rings. The Morgan fingerprint density at radius 1 is 1.00 bits per heavy atom. The molecule has 27 heavy (non-hydrogen) atoms. The molecule has 3 rings (SSSR count). The molecule has 0 saturated carbocycles. The van der Waals surface area contributed by atoms with E-state index in [4.69, 9.17) is 0 Å². The first-order chi connectivity index (χ1) is 12.9. The van der Waals surface area contributed by atoms with Crippen molar-refractivity contribution in [2.45, 2.75) is 13.8 Å². The van der Waals surface area contributed by atoms with E-state index < -0.39 is 4.92 Å². The van der Waals surface area contributed by atoms with Gasteiger partial charge in [-0.2, -0.15) is 0 Å². The number of carbonyl (C=O) groups is 2. The molecule has 0 atom stereocenters. The van der Waals surface area contributed by atoms with E-state index in [1.165, 1.54) is 13.0 Å². The van der Waals surface area contributed by atoms with E-state index in [2.05, 4.69) is 4.90 Å². The van der Waals surface area contributed by atoms with Crippen molar-refractivity contribution in [3.63, 3.8) is 0 Å². The molecule has 1 amide bonds. The quantitative estimate of drug-likeness (QED) is 0.471. The molecule has 1 heterocycles. The van der Waals surface area contributed by atoms with Crippen LogP contribution >= 0.6 is 0 Å². The number of aryl methyl sites for hydroxylation is 1. The zero-order chi connectivity index (χ0) is 19.6. The molecule has 0 aliphatic carbocycles. The lowest BCUT2D eigenvalue weighted by atomic mass is 10.1. The number of hydrogen-bond donors (Lipinski definition) is 0. The molecule has 1 fully saturated rings. The smallest absolute Gasteiger partial charge is 0.285 e. The third-order valence-electron chi connectivity index (χ3n) is 4.86. The topological polar surface area (TPSA) is 83.8 Å². The van der Waals surface area contributed by atoms with Crippen molar-refractivity contribution in [1.82, 2.24) is 4.90 Å². The molecule has 0 unspecified atom stereocenters. The first kappa shape index (κ1) is 18.6. The van der Waals surface area contributed by atoms with Gasteiger partial charge in [0.05, 0.1) is 4.92 Å². The maximum atomic E-state index is 12.8. The Morgan fingerprint density at radius 2 is 1.63 bits per heavy atom. The predicted molar refractivity (Wildman–Crippen MR) is 102 cm³/mol. The Bertz CT molecular complexity index is 885. The summed E-state index contributed by atoms with van der Waals surface area (Å²) in [5, 5.41) is 11.3. The molecule has 7 nitrogen and oxygen atoms in total. The molecule has 0 radical (unpaired) electrons. The Kier molecular flexibility index (Phi) is 5.21. The maximum absolute atomic E-state index is 12.8. The first-order valence-corrected chi connectivity index (χ1v) is 8.77. The lowest BCUT2D eigenvalue weighted by molar-refractivity contribution is -0.385. The number of ketones is 1. The third kappa shape index (κ3) is 3.81. The Labute approximate surface area is 157 Å². The van der Waals surface area contributed by atoms with Crippen LogP contribution in [0, 0.1) is 17.0 Å². The van der Waals surface area contributed by atoms with E-state index >= 15 is 0 Å². The van der Waals surface area contributed by atoms with Crippen molar-refractivity contribution in [3.05, 3.63) is 69.3 Å². The summed E-state index contributed by atoms with van der Waals surface area (Å²) in [6, 6.07) is 12.2. The van der Waals surface area contributed by atoms with Crippen LogP contribution in [0.1, 0.15) is 33.2 Å². The van der Waals surface area contributed by atoms with Gasteiger partial charge in [-0.3, -0.25) is 19.7 Å². The number of amides is 1. The number of rotatable bonds is 4. The van der Waals surface area contributed by atoms with Crippen LogP contribution in [0.25, 0.3) is 0 Å². The standard InChI is InChI=1S/C20H21N3O4/c1-14-4-3-5-18(19(14)23(26)27)20(25)22-12-10-21(11-13-22)17-8-6-16(7-9-17)15(2)24/h3-9H,10-13H2,1-2H3. The number of carbonyl (C=O) groups excluding carboxylic acids is 2. The highest BCUT2D eigenvalue weighted by molar-refractivity contribution is 5.99. The van der Waals surface area contributed by atoms with Gasteiger partial charge < -0.3 is 9.80 Å². The van der Waals surface area contributed by atoms with Crippen molar-refractivity contribution in [2.75, 3.05) is 31.1 Å². The highest BCUT2D eigenvalue weighted by Crippen LogP contribution is 2.25. The SMILES string of the molecule is CC(=O)c1ccc(N2CCN(C(=O)c3cccc(C)c3[N+](=O)[O-])CC2)cc1. The molecule has 2 aromatic carbocycles. The number of nitrogens with zero attached hydrogens (tertiary/aromatic N) is 3. The fourth-order valence-corrected chi connectivity index (χ4v) is 3.32. The summed E-state index contributed by atoms with van der Waals surface area (Å²) in [6.45, 7) is 5.40. The van der Waals surface area contributed by atoms with Crippen molar-refractivity contribution in [1.29, 1.82) is 0 Å². The molecule has 1 saturated heterocycles. The summed E-state index contributed by atoms with van der Waals surface area (Å²) in [6.07, 6.45) is 0. The highest BCUT2D eigenvalue weighted by atomic mass is 16.6. The molecule has 1 aliphatic heterocycles. The Balaban J connectivity index is 1.71. The van der Waals surface area contributed by atoms with E-state index in [9.17, 15) is 19.7 Å². The largest absolute Gasteiger partial charge is 0.368 e. The molecule has 1 aliphatic rings. The van der Waals surface area contributed by atoms with Gasteiger partial charge >= 0.3 is 0 Å². The Hall–Kier alpha value is -3.22. The summed E-state index contributed by atoms with van der Waals surface area (Å²) < 4.78 is 0. The van der Waals surface area contributed by atoms with Crippen molar-refractivity contribution < 1.29 is 14.5 Å². The van der Waals surface area contributed by atoms with Crippen molar-refractivity contribution in [2.24, 2.45) is 0 Å². The number of nitro groups is 1. The lowest BCUT2D eigenvalue weighted by Gasteiger charge is -2.36. The monoisotopic (exact) mass is 367 g/mol. The van der Waals surface area contributed by atoms with Gasteiger partial charge in [0.15, 0.2) is 5.78 Å². The second-order valence-electron chi connectivity index (χ2n) is 6.61. The fraction of sp³-hybridized carbons (Fsp3) is 0.300. The van der Waals surface area contributed by atoms with Crippen LogP contribution < -0.4 is 4.90 Å². The summed E-state index contributed by atoms with van der Waals surface area (Å²) in [4.78, 5) is 38.8. The van der Waals surface area contributed by atoms with Crippen LogP contribution in [0.15, 0.2) is 42.5 Å². The van der Waals surface area contributed by atoms with Gasteiger partial charge in [0.1, 0.15) is 5.56 Å². The number of hydrogen-bond acceptors (Lipinski definition) is 5. The van der Waals surface area contributed by atoms with Crippen molar-refractivity contribution >= 4 is 23.1 Å². The minimum atomic E-state index is -0.491. The summed E-state index contributed by atoms with van der Waals surface area (Å²) in [7, 11) is 0. The van der Waals surface area contributed by atoms with Gasteiger partial charge in [0, 0.05) is 43.0 Å². The van der Waals surface area contributed by atoms with Gasteiger partial charge in [-0.25, -0.2) is 0 Å². The number of para-hydroxylation sites is 1.